The molecule has 1 aromatic carbocycles. The molecule has 1 aliphatic heterocycles. The number of likely N-dealkylation sites (N-methyl/N-ethyl adjacent to an activating group) is 1. The summed E-state index contributed by atoms with van der Waals surface area (Å²) in [6, 6.07) is 8.42. The Morgan fingerprint density at radius 3 is 2.46 bits per heavy atom. The number of aliphatic carboxylic acids is 1. The van der Waals surface area contributed by atoms with Crippen LogP contribution in [0, 0.1) is 6.92 Å². The zero-order valence-corrected chi connectivity index (χ0v) is 14.5. The maximum atomic E-state index is 12.1. The highest BCUT2D eigenvalue weighted by molar-refractivity contribution is 5.78. The molecule has 0 unspecified atom stereocenters. The van der Waals surface area contributed by atoms with E-state index in [9.17, 15) is 9.59 Å². The lowest BCUT2D eigenvalue weighted by Gasteiger charge is -2.35. The van der Waals surface area contributed by atoms with Gasteiger partial charge in [-0.2, -0.15) is 0 Å². The standard InChI is InChI=1S/C18H27N3O3/c1-14-3-5-15(6-4-14)11-19-17(22)12-21-9-7-16(8-10-21)20(2)13-18(23)24/h3-6,16H,7-13H2,1-2H3,(H,19,22)(H,23,24). The van der Waals surface area contributed by atoms with Gasteiger partial charge in [0.05, 0.1) is 13.1 Å². The lowest BCUT2D eigenvalue weighted by molar-refractivity contribution is -0.138. The molecule has 6 nitrogen and oxygen atoms in total. The maximum absolute atomic E-state index is 12.1. The molecule has 1 amide bonds. The van der Waals surface area contributed by atoms with Crippen molar-refractivity contribution in [2.24, 2.45) is 0 Å². The number of benzene rings is 1. The highest BCUT2D eigenvalue weighted by Gasteiger charge is 2.24. The van der Waals surface area contributed by atoms with E-state index < -0.39 is 5.97 Å². The number of carboxylic acids is 1. The largest absolute Gasteiger partial charge is 0.480 e. The van der Waals surface area contributed by atoms with Crippen LogP contribution in [-0.4, -0.2) is 66.1 Å². The van der Waals surface area contributed by atoms with E-state index in [1.807, 2.05) is 43.1 Å². The number of rotatable bonds is 7. The number of amides is 1. The molecule has 132 valence electrons. The van der Waals surface area contributed by atoms with Crippen LogP contribution in [0.2, 0.25) is 0 Å². The van der Waals surface area contributed by atoms with E-state index in [4.69, 9.17) is 5.11 Å². The number of likely N-dealkylation sites (tertiary alicyclic amines) is 1. The number of nitrogens with one attached hydrogen (secondary N) is 1. The van der Waals surface area contributed by atoms with Crippen LogP contribution in [0.15, 0.2) is 24.3 Å². The second-order valence-electron chi connectivity index (χ2n) is 6.58. The minimum Gasteiger partial charge on any atom is -0.480 e. The Balaban J connectivity index is 1.68. The summed E-state index contributed by atoms with van der Waals surface area (Å²) < 4.78 is 0. The van der Waals surface area contributed by atoms with Gasteiger partial charge < -0.3 is 10.4 Å². The molecule has 0 saturated carbocycles. The predicted octanol–water partition coefficient (Wildman–Crippen LogP) is 1.09. The van der Waals surface area contributed by atoms with Crippen LogP contribution >= 0.6 is 0 Å². The summed E-state index contributed by atoms with van der Waals surface area (Å²) in [4.78, 5) is 26.9. The molecular weight excluding hydrogens is 306 g/mol. The molecular formula is C18H27N3O3. The minimum atomic E-state index is -0.796. The van der Waals surface area contributed by atoms with Crippen molar-refractivity contribution < 1.29 is 14.7 Å². The third kappa shape index (κ3) is 5.94. The smallest absolute Gasteiger partial charge is 0.317 e. The van der Waals surface area contributed by atoms with Crippen LogP contribution in [-0.2, 0) is 16.1 Å². The second kappa shape index (κ2) is 8.80. The fourth-order valence-corrected chi connectivity index (χ4v) is 3.03. The summed E-state index contributed by atoms with van der Waals surface area (Å²) in [5.74, 6) is -0.761. The first-order valence-electron chi connectivity index (χ1n) is 8.40. The van der Waals surface area contributed by atoms with Crippen LogP contribution in [0.25, 0.3) is 0 Å². The molecule has 0 spiro atoms. The number of nitrogens with zero attached hydrogens (tertiary/aromatic N) is 2. The average molecular weight is 333 g/mol. The Labute approximate surface area is 143 Å². The predicted molar refractivity (Wildman–Crippen MR) is 92.8 cm³/mol. The second-order valence-corrected chi connectivity index (χ2v) is 6.58. The molecule has 2 rings (SSSR count). The molecule has 24 heavy (non-hydrogen) atoms. The van der Waals surface area contributed by atoms with Crippen molar-refractivity contribution in [2.75, 3.05) is 33.2 Å². The average Bonchev–Trinajstić information content (AvgIpc) is 2.54. The van der Waals surface area contributed by atoms with Gasteiger partial charge in [0, 0.05) is 25.7 Å². The number of aryl methyl sites for hydroxylation is 1. The lowest BCUT2D eigenvalue weighted by Crippen LogP contribution is -2.47. The SMILES string of the molecule is Cc1ccc(CNC(=O)CN2CCC(N(C)CC(=O)O)CC2)cc1. The van der Waals surface area contributed by atoms with Crippen molar-refractivity contribution in [1.82, 2.24) is 15.1 Å². The molecule has 1 fully saturated rings. The van der Waals surface area contributed by atoms with Gasteiger partial charge in [-0.15, -0.1) is 0 Å². The van der Waals surface area contributed by atoms with E-state index in [2.05, 4.69) is 10.2 Å². The van der Waals surface area contributed by atoms with Crippen molar-refractivity contribution >= 4 is 11.9 Å². The molecule has 1 heterocycles. The molecule has 2 N–H and O–H groups in total. The highest BCUT2D eigenvalue weighted by atomic mass is 16.4. The monoisotopic (exact) mass is 333 g/mol. The zero-order chi connectivity index (χ0) is 17.5. The fourth-order valence-electron chi connectivity index (χ4n) is 3.03. The molecule has 0 atom stereocenters. The van der Waals surface area contributed by atoms with E-state index in [1.54, 1.807) is 0 Å². The van der Waals surface area contributed by atoms with E-state index in [1.165, 1.54) is 5.56 Å². The fraction of sp³-hybridized carbons (Fsp3) is 0.556. The Bertz CT molecular complexity index is 551. The van der Waals surface area contributed by atoms with Gasteiger partial charge in [-0.25, -0.2) is 0 Å². The van der Waals surface area contributed by atoms with Gasteiger partial charge in [-0.05, 0) is 32.4 Å². The van der Waals surface area contributed by atoms with Crippen LogP contribution in [0.1, 0.15) is 24.0 Å². The summed E-state index contributed by atoms with van der Waals surface area (Å²) in [6.07, 6.45) is 1.80. The summed E-state index contributed by atoms with van der Waals surface area (Å²) in [5, 5.41) is 11.8. The van der Waals surface area contributed by atoms with Crippen LogP contribution in [0.5, 0.6) is 0 Å². The third-order valence-corrected chi connectivity index (χ3v) is 4.54. The van der Waals surface area contributed by atoms with Gasteiger partial charge >= 0.3 is 5.97 Å². The van der Waals surface area contributed by atoms with Crippen molar-refractivity contribution in [1.29, 1.82) is 0 Å². The maximum Gasteiger partial charge on any atom is 0.317 e. The topological polar surface area (TPSA) is 72.9 Å². The summed E-state index contributed by atoms with van der Waals surface area (Å²) in [7, 11) is 1.85. The first-order chi connectivity index (χ1) is 11.4. The van der Waals surface area contributed by atoms with Crippen molar-refractivity contribution in [3.63, 3.8) is 0 Å². The number of carboxylic acid groups (broad SMARTS) is 1. The van der Waals surface area contributed by atoms with E-state index in [0.717, 1.165) is 31.5 Å². The lowest BCUT2D eigenvalue weighted by atomic mass is 10.0. The van der Waals surface area contributed by atoms with Crippen LogP contribution in [0.3, 0.4) is 0 Å². The Kier molecular flexibility index (Phi) is 6.75. The van der Waals surface area contributed by atoms with Crippen LogP contribution in [0.4, 0.5) is 0 Å². The normalized spacial score (nSPS) is 16.3. The van der Waals surface area contributed by atoms with E-state index >= 15 is 0 Å². The molecule has 1 aliphatic rings. The quantitative estimate of drug-likeness (QED) is 0.781. The van der Waals surface area contributed by atoms with Crippen LogP contribution < -0.4 is 5.32 Å². The number of hydrogen-bond acceptors (Lipinski definition) is 4. The molecule has 6 heteroatoms. The van der Waals surface area contributed by atoms with Crippen molar-refractivity contribution in [2.45, 2.75) is 32.4 Å². The van der Waals surface area contributed by atoms with Gasteiger partial charge in [0.25, 0.3) is 0 Å². The molecule has 0 bridgehead atoms. The van der Waals surface area contributed by atoms with E-state index in [-0.39, 0.29) is 18.5 Å². The molecule has 0 aliphatic carbocycles. The zero-order valence-electron chi connectivity index (χ0n) is 14.5. The van der Waals surface area contributed by atoms with Crippen molar-refractivity contribution in [3.8, 4) is 0 Å². The third-order valence-electron chi connectivity index (χ3n) is 4.54. The number of piperidine rings is 1. The highest BCUT2D eigenvalue weighted by Crippen LogP contribution is 2.14. The molecule has 1 aromatic rings. The number of hydrogen-bond donors (Lipinski definition) is 2. The summed E-state index contributed by atoms with van der Waals surface area (Å²) in [5.41, 5.74) is 2.31. The van der Waals surface area contributed by atoms with Gasteiger partial charge in [0.15, 0.2) is 0 Å². The molecule has 0 aromatic heterocycles. The summed E-state index contributed by atoms with van der Waals surface area (Å²) in [6.45, 7) is 4.72. The Morgan fingerprint density at radius 2 is 1.88 bits per heavy atom. The van der Waals surface area contributed by atoms with Crippen molar-refractivity contribution in [3.05, 3.63) is 35.4 Å². The molecule has 0 radical (unpaired) electrons. The minimum absolute atomic E-state index is 0.0351. The first kappa shape index (κ1) is 18.4. The van der Waals surface area contributed by atoms with Gasteiger partial charge in [0.2, 0.25) is 5.91 Å². The molecule has 1 saturated heterocycles. The van der Waals surface area contributed by atoms with Gasteiger partial charge in [0.1, 0.15) is 0 Å². The Morgan fingerprint density at radius 1 is 1.25 bits per heavy atom. The Hall–Kier alpha value is -1.92. The first-order valence-corrected chi connectivity index (χ1v) is 8.40. The van der Waals surface area contributed by atoms with Gasteiger partial charge in [-0.3, -0.25) is 19.4 Å². The number of carbonyl (C=O) groups excluding carboxylic acids is 1. The van der Waals surface area contributed by atoms with Gasteiger partial charge in [-0.1, -0.05) is 29.8 Å². The number of carbonyl (C=O) groups is 2. The summed E-state index contributed by atoms with van der Waals surface area (Å²) >= 11 is 0. The van der Waals surface area contributed by atoms with E-state index in [0.29, 0.717) is 13.1 Å².